The Hall–Kier alpha value is -2.44. The van der Waals surface area contributed by atoms with Crippen LogP contribution in [0.25, 0.3) is 0 Å². The zero-order valence-corrected chi connectivity index (χ0v) is 17.5. The van der Waals surface area contributed by atoms with Gasteiger partial charge in [-0.15, -0.1) is 0 Å². The van der Waals surface area contributed by atoms with E-state index >= 15 is 0 Å². The number of piperazine rings is 1. The van der Waals surface area contributed by atoms with Gasteiger partial charge in [0.2, 0.25) is 0 Å². The fourth-order valence-corrected chi connectivity index (χ4v) is 3.69. The van der Waals surface area contributed by atoms with Gasteiger partial charge in [-0.2, -0.15) is 0 Å². The minimum atomic E-state index is -0.541. The van der Waals surface area contributed by atoms with Crippen molar-refractivity contribution in [3.63, 3.8) is 0 Å². The number of nitrogens with zero attached hydrogens (tertiary/aromatic N) is 3. The maximum atomic E-state index is 13.1. The number of carbonyl (C=O) groups is 2. The van der Waals surface area contributed by atoms with E-state index in [9.17, 15) is 9.59 Å². The number of fused-ring (bicyclic) bond motifs is 2. The average Bonchev–Trinajstić information content (AvgIpc) is 2.78. The van der Waals surface area contributed by atoms with E-state index in [0.29, 0.717) is 37.6 Å². The lowest BCUT2D eigenvalue weighted by Crippen LogP contribution is -2.58. The van der Waals surface area contributed by atoms with Gasteiger partial charge >= 0.3 is 6.09 Å². The highest BCUT2D eigenvalue weighted by Crippen LogP contribution is 2.31. The van der Waals surface area contributed by atoms with Crippen LogP contribution in [0, 0.1) is 0 Å². The second-order valence-electron chi connectivity index (χ2n) is 8.24. The van der Waals surface area contributed by atoms with Gasteiger partial charge in [0, 0.05) is 44.5 Å². The largest absolute Gasteiger partial charge is 0.490 e. The average molecular weight is 389 g/mol. The van der Waals surface area contributed by atoms with Gasteiger partial charge in [0.25, 0.3) is 5.91 Å². The Balaban J connectivity index is 1.77. The molecule has 1 unspecified atom stereocenters. The van der Waals surface area contributed by atoms with Crippen LogP contribution in [0.15, 0.2) is 18.2 Å². The summed E-state index contributed by atoms with van der Waals surface area (Å²) in [6.45, 7) is 13.3. The van der Waals surface area contributed by atoms with Crippen LogP contribution in [-0.2, 0) is 4.74 Å². The highest BCUT2D eigenvalue weighted by atomic mass is 16.6. The summed E-state index contributed by atoms with van der Waals surface area (Å²) in [5, 5.41) is 0. The number of hydrogen-bond acceptors (Lipinski definition) is 5. The van der Waals surface area contributed by atoms with Crippen molar-refractivity contribution in [2.24, 2.45) is 0 Å². The summed E-state index contributed by atoms with van der Waals surface area (Å²) in [7, 11) is 0. The van der Waals surface area contributed by atoms with E-state index in [4.69, 9.17) is 9.47 Å². The smallest absolute Gasteiger partial charge is 0.410 e. The maximum absolute atomic E-state index is 13.1. The summed E-state index contributed by atoms with van der Waals surface area (Å²) in [6, 6.07) is 5.60. The first-order valence-corrected chi connectivity index (χ1v) is 10.0. The molecule has 2 aliphatic heterocycles. The number of rotatable bonds is 3. The van der Waals surface area contributed by atoms with Crippen LogP contribution in [0.5, 0.6) is 5.75 Å². The molecule has 0 aromatic heterocycles. The number of amides is 2. The zero-order valence-electron chi connectivity index (χ0n) is 17.5. The van der Waals surface area contributed by atoms with Gasteiger partial charge < -0.3 is 24.2 Å². The SMILES string of the molecule is CCN(CC)c1ccc2c(c1)OCC1CN(C(=O)OC(C)(C)C)CCN1C2=O. The molecule has 1 saturated heterocycles. The van der Waals surface area contributed by atoms with Crippen molar-refractivity contribution in [3.8, 4) is 5.75 Å². The Bertz CT molecular complexity index is 740. The monoisotopic (exact) mass is 389 g/mol. The van der Waals surface area contributed by atoms with Crippen molar-refractivity contribution >= 4 is 17.7 Å². The molecule has 1 fully saturated rings. The molecule has 154 valence electrons. The second kappa shape index (κ2) is 7.89. The maximum Gasteiger partial charge on any atom is 0.410 e. The molecule has 3 rings (SSSR count). The number of anilines is 1. The number of ether oxygens (including phenoxy) is 2. The third-order valence-electron chi connectivity index (χ3n) is 5.15. The summed E-state index contributed by atoms with van der Waals surface area (Å²) in [4.78, 5) is 31.2. The van der Waals surface area contributed by atoms with Crippen molar-refractivity contribution < 1.29 is 19.1 Å². The molecular weight excluding hydrogens is 358 g/mol. The molecule has 7 nitrogen and oxygen atoms in total. The molecule has 0 aliphatic carbocycles. The Labute approximate surface area is 167 Å². The highest BCUT2D eigenvalue weighted by Gasteiger charge is 2.38. The van der Waals surface area contributed by atoms with E-state index in [2.05, 4.69) is 18.7 Å². The molecule has 0 saturated carbocycles. The lowest BCUT2D eigenvalue weighted by atomic mass is 10.1. The first-order chi connectivity index (χ1) is 13.2. The van der Waals surface area contributed by atoms with Gasteiger partial charge in [-0.05, 0) is 46.8 Å². The first-order valence-electron chi connectivity index (χ1n) is 10.0. The van der Waals surface area contributed by atoms with Gasteiger partial charge in [0.1, 0.15) is 18.0 Å². The first kappa shape index (κ1) is 20.3. The fraction of sp³-hybridized carbons (Fsp3) is 0.619. The van der Waals surface area contributed by atoms with Crippen molar-refractivity contribution in [2.45, 2.75) is 46.3 Å². The Morgan fingerprint density at radius 3 is 2.61 bits per heavy atom. The van der Waals surface area contributed by atoms with Crippen LogP contribution in [0.4, 0.5) is 10.5 Å². The van der Waals surface area contributed by atoms with Crippen LogP contribution in [0.2, 0.25) is 0 Å². The molecule has 2 heterocycles. The van der Waals surface area contributed by atoms with Gasteiger partial charge in [-0.1, -0.05) is 0 Å². The van der Waals surface area contributed by atoms with E-state index in [1.165, 1.54) is 0 Å². The molecule has 1 atom stereocenters. The summed E-state index contributed by atoms with van der Waals surface area (Å²) >= 11 is 0. The summed E-state index contributed by atoms with van der Waals surface area (Å²) in [6.07, 6.45) is -0.342. The molecule has 1 aromatic rings. The predicted octanol–water partition coefficient (Wildman–Crippen LogP) is 2.99. The van der Waals surface area contributed by atoms with Crippen LogP contribution < -0.4 is 9.64 Å². The van der Waals surface area contributed by atoms with Crippen LogP contribution in [0.3, 0.4) is 0 Å². The van der Waals surface area contributed by atoms with Crippen molar-refractivity contribution in [3.05, 3.63) is 23.8 Å². The standard InChI is InChI=1S/C21H31N3O4/c1-6-22(7-2)15-8-9-17-18(12-15)27-14-16-13-23(10-11-24(16)19(17)25)20(26)28-21(3,4)5/h8-9,12,16H,6-7,10-11,13-14H2,1-5H3. The van der Waals surface area contributed by atoms with Gasteiger partial charge in [0.15, 0.2) is 0 Å². The number of benzene rings is 1. The quantitative estimate of drug-likeness (QED) is 0.795. The predicted molar refractivity (Wildman–Crippen MR) is 108 cm³/mol. The molecule has 0 radical (unpaired) electrons. The van der Waals surface area contributed by atoms with Crippen molar-refractivity contribution in [1.29, 1.82) is 0 Å². The van der Waals surface area contributed by atoms with E-state index in [1.807, 2.05) is 43.9 Å². The van der Waals surface area contributed by atoms with E-state index in [0.717, 1.165) is 18.8 Å². The number of carbonyl (C=O) groups excluding carboxylic acids is 2. The third kappa shape index (κ3) is 4.18. The van der Waals surface area contributed by atoms with E-state index < -0.39 is 5.60 Å². The molecule has 2 aliphatic rings. The van der Waals surface area contributed by atoms with Gasteiger partial charge in [-0.25, -0.2) is 4.79 Å². The van der Waals surface area contributed by atoms with Gasteiger partial charge in [-0.3, -0.25) is 4.79 Å². The molecule has 2 amide bonds. The van der Waals surface area contributed by atoms with Crippen LogP contribution >= 0.6 is 0 Å². The fourth-order valence-electron chi connectivity index (χ4n) is 3.69. The van der Waals surface area contributed by atoms with Crippen LogP contribution in [0.1, 0.15) is 45.0 Å². The molecule has 7 heteroatoms. The van der Waals surface area contributed by atoms with E-state index in [-0.39, 0.29) is 18.0 Å². The summed E-state index contributed by atoms with van der Waals surface area (Å²) in [5.74, 6) is 0.583. The highest BCUT2D eigenvalue weighted by molar-refractivity contribution is 5.98. The lowest BCUT2D eigenvalue weighted by molar-refractivity contribution is 0.000952. The van der Waals surface area contributed by atoms with Crippen molar-refractivity contribution in [1.82, 2.24) is 9.80 Å². The second-order valence-corrected chi connectivity index (χ2v) is 8.24. The van der Waals surface area contributed by atoms with Crippen LogP contribution in [-0.4, -0.2) is 72.8 Å². The Kier molecular flexibility index (Phi) is 5.72. The summed E-state index contributed by atoms with van der Waals surface area (Å²) in [5.41, 5.74) is 1.09. The zero-order chi connectivity index (χ0) is 20.5. The Morgan fingerprint density at radius 1 is 1.25 bits per heavy atom. The molecule has 0 N–H and O–H groups in total. The van der Waals surface area contributed by atoms with Gasteiger partial charge in [0.05, 0.1) is 11.6 Å². The molecule has 1 aromatic carbocycles. The lowest BCUT2D eigenvalue weighted by Gasteiger charge is -2.40. The van der Waals surface area contributed by atoms with E-state index in [1.54, 1.807) is 4.90 Å². The minimum Gasteiger partial charge on any atom is -0.490 e. The topological polar surface area (TPSA) is 62.3 Å². The van der Waals surface area contributed by atoms with Crippen molar-refractivity contribution in [2.75, 3.05) is 44.2 Å². The Morgan fingerprint density at radius 2 is 1.96 bits per heavy atom. The molecule has 0 bridgehead atoms. The molecule has 0 spiro atoms. The molecular formula is C21H31N3O4. The molecule has 28 heavy (non-hydrogen) atoms. The minimum absolute atomic E-state index is 0.0348. The summed E-state index contributed by atoms with van der Waals surface area (Å²) < 4.78 is 11.5. The normalized spacial score (nSPS) is 19.3. The number of hydrogen-bond donors (Lipinski definition) is 0. The third-order valence-corrected chi connectivity index (χ3v) is 5.15.